The predicted molar refractivity (Wildman–Crippen MR) is 46.4 cm³/mol. The van der Waals surface area contributed by atoms with Crippen LogP contribution in [0.1, 0.15) is 13.3 Å². The summed E-state index contributed by atoms with van der Waals surface area (Å²) >= 11 is 0. The first-order chi connectivity index (χ1) is 5.83. The van der Waals surface area contributed by atoms with Gasteiger partial charge in [-0.1, -0.05) is 13.5 Å². The van der Waals surface area contributed by atoms with Crippen molar-refractivity contribution in [1.29, 1.82) is 0 Å². The van der Waals surface area contributed by atoms with Crippen molar-refractivity contribution in [3.05, 3.63) is 12.7 Å². The third-order valence-corrected chi connectivity index (χ3v) is 3.82. The van der Waals surface area contributed by atoms with Gasteiger partial charge in [-0.25, -0.2) is 0 Å². The van der Waals surface area contributed by atoms with E-state index in [-0.39, 0.29) is 12.3 Å². The molecule has 1 amide bonds. The van der Waals surface area contributed by atoms with Gasteiger partial charge in [-0.15, -0.1) is 0 Å². The van der Waals surface area contributed by atoms with Crippen molar-refractivity contribution < 1.29 is 17.8 Å². The molecule has 0 spiro atoms. The molecule has 0 saturated heterocycles. The Morgan fingerprint density at radius 1 is 1.77 bits per heavy atom. The van der Waals surface area contributed by atoms with Crippen molar-refractivity contribution in [1.82, 2.24) is 5.32 Å². The van der Waals surface area contributed by atoms with E-state index in [9.17, 15) is 13.2 Å². The van der Waals surface area contributed by atoms with E-state index in [0.29, 0.717) is 0 Å². The molecule has 13 heavy (non-hydrogen) atoms. The quantitative estimate of drug-likeness (QED) is 0.498. The molecule has 1 rings (SSSR count). The van der Waals surface area contributed by atoms with Crippen molar-refractivity contribution in [3.63, 3.8) is 0 Å². The highest BCUT2D eigenvalue weighted by Crippen LogP contribution is 2.46. The Morgan fingerprint density at radius 3 is 2.46 bits per heavy atom. The predicted octanol–water partition coefficient (Wildman–Crippen LogP) is -0.0875. The van der Waals surface area contributed by atoms with Gasteiger partial charge in [-0.2, -0.15) is 8.42 Å². The number of hydrogen-bond donors (Lipinski definition) is 2. The molecular weight excluding hydrogens is 194 g/mol. The van der Waals surface area contributed by atoms with Crippen molar-refractivity contribution in [2.24, 2.45) is 5.92 Å². The molecule has 2 unspecified atom stereocenters. The maximum Gasteiger partial charge on any atom is 0.289 e. The van der Waals surface area contributed by atoms with Crippen LogP contribution in [0.25, 0.3) is 0 Å². The van der Waals surface area contributed by atoms with E-state index < -0.39 is 20.9 Å². The van der Waals surface area contributed by atoms with E-state index in [4.69, 9.17) is 4.55 Å². The van der Waals surface area contributed by atoms with Gasteiger partial charge < -0.3 is 5.32 Å². The van der Waals surface area contributed by atoms with Crippen LogP contribution in [0, 0.1) is 5.92 Å². The first-order valence-electron chi connectivity index (χ1n) is 3.75. The van der Waals surface area contributed by atoms with Crippen LogP contribution in [0.15, 0.2) is 12.7 Å². The Morgan fingerprint density at radius 2 is 2.23 bits per heavy atom. The Hall–Kier alpha value is -0.880. The molecule has 1 fully saturated rings. The van der Waals surface area contributed by atoms with Crippen molar-refractivity contribution in [3.8, 4) is 0 Å². The van der Waals surface area contributed by atoms with Crippen molar-refractivity contribution >= 4 is 16.0 Å². The van der Waals surface area contributed by atoms with Crippen molar-refractivity contribution in [2.45, 2.75) is 18.2 Å². The lowest BCUT2D eigenvalue weighted by Crippen LogP contribution is -2.43. The lowest BCUT2D eigenvalue weighted by molar-refractivity contribution is -0.117. The summed E-state index contributed by atoms with van der Waals surface area (Å²) in [6.45, 7) is 4.83. The van der Waals surface area contributed by atoms with Gasteiger partial charge in [0, 0.05) is 0 Å². The normalized spacial score (nSPS) is 32.3. The van der Waals surface area contributed by atoms with E-state index in [2.05, 4.69) is 11.9 Å². The van der Waals surface area contributed by atoms with E-state index >= 15 is 0 Å². The molecule has 6 heteroatoms. The molecule has 0 radical (unpaired) electrons. The highest BCUT2D eigenvalue weighted by molar-refractivity contribution is 7.87. The van der Waals surface area contributed by atoms with Crippen LogP contribution in [0.4, 0.5) is 0 Å². The molecule has 2 N–H and O–H groups in total. The minimum absolute atomic E-state index is 0.241. The van der Waals surface area contributed by atoms with Gasteiger partial charge in [0.15, 0.2) is 4.87 Å². The molecule has 0 aliphatic heterocycles. The third kappa shape index (κ3) is 1.59. The van der Waals surface area contributed by atoms with E-state index in [1.54, 1.807) is 6.92 Å². The summed E-state index contributed by atoms with van der Waals surface area (Å²) in [6, 6.07) is 0. The summed E-state index contributed by atoms with van der Waals surface area (Å²) in [5, 5.41) is 2.21. The molecule has 0 heterocycles. The zero-order valence-electron chi connectivity index (χ0n) is 7.15. The summed E-state index contributed by atoms with van der Waals surface area (Å²) in [6.07, 6.45) is 1.21. The molecule has 0 aromatic heterocycles. The van der Waals surface area contributed by atoms with Crippen LogP contribution in [-0.2, 0) is 14.9 Å². The molecular formula is C7H11NO4S. The smallest absolute Gasteiger partial charge is 0.289 e. The summed E-state index contributed by atoms with van der Waals surface area (Å²) in [5.41, 5.74) is 0. The zero-order chi connectivity index (χ0) is 10.3. The average Bonchev–Trinajstić information content (AvgIpc) is 2.61. The zero-order valence-corrected chi connectivity index (χ0v) is 7.97. The second kappa shape index (κ2) is 2.81. The largest absolute Gasteiger partial charge is 0.331 e. The van der Waals surface area contributed by atoms with E-state index in [1.807, 2.05) is 0 Å². The monoisotopic (exact) mass is 205 g/mol. The Labute approximate surface area is 76.6 Å². The second-order valence-corrected chi connectivity index (χ2v) is 4.84. The number of nitrogens with one attached hydrogen (secondary N) is 1. The fourth-order valence-corrected chi connectivity index (χ4v) is 2.45. The average molecular weight is 205 g/mol. The lowest BCUT2D eigenvalue weighted by Gasteiger charge is -2.13. The number of carbonyl (C=O) groups excluding carboxylic acids is 1. The van der Waals surface area contributed by atoms with Gasteiger partial charge in [-0.3, -0.25) is 9.35 Å². The standard InChI is InChI=1S/C7H11NO4S/c1-3-6(9)8-7(4-5(7)2)13(10,11)12/h3,5H,1,4H2,2H3,(H,8,9)(H,10,11,12). The van der Waals surface area contributed by atoms with Crippen LogP contribution in [0.5, 0.6) is 0 Å². The van der Waals surface area contributed by atoms with Crippen LogP contribution < -0.4 is 5.32 Å². The minimum atomic E-state index is -4.23. The minimum Gasteiger partial charge on any atom is -0.331 e. The number of amides is 1. The molecule has 1 aliphatic rings. The molecule has 0 aromatic rings. The molecule has 74 valence electrons. The van der Waals surface area contributed by atoms with Gasteiger partial charge in [0.2, 0.25) is 5.91 Å². The Bertz CT molecular complexity index is 348. The third-order valence-electron chi connectivity index (χ3n) is 2.23. The molecule has 0 aromatic carbocycles. The van der Waals surface area contributed by atoms with Gasteiger partial charge in [-0.05, 0) is 18.4 Å². The highest BCUT2D eigenvalue weighted by Gasteiger charge is 2.62. The van der Waals surface area contributed by atoms with Gasteiger partial charge in [0.1, 0.15) is 0 Å². The van der Waals surface area contributed by atoms with Crippen LogP contribution in [0.2, 0.25) is 0 Å². The summed E-state index contributed by atoms with van der Waals surface area (Å²) in [4.78, 5) is 9.38. The first kappa shape index (κ1) is 10.2. The number of rotatable bonds is 3. The summed E-state index contributed by atoms with van der Waals surface area (Å²) in [7, 11) is -4.23. The summed E-state index contributed by atoms with van der Waals surface area (Å²) in [5.74, 6) is -0.853. The fraction of sp³-hybridized carbons (Fsp3) is 0.571. The molecule has 1 saturated carbocycles. The van der Waals surface area contributed by atoms with E-state index in [1.165, 1.54) is 0 Å². The molecule has 2 atom stereocenters. The second-order valence-electron chi connectivity index (χ2n) is 3.16. The Kier molecular flexibility index (Phi) is 2.21. The lowest BCUT2D eigenvalue weighted by atomic mass is 10.4. The van der Waals surface area contributed by atoms with Crippen LogP contribution >= 0.6 is 0 Å². The first-order valence-corrected chi connectivity index (χ1v) is 5.19. The van der Waals surface area contributed by atoms with Crippen LogP contribution in [-0.4, -0.2) is 23.7 Å². The van der Waals surface area contributed by atoms with E-state index in [0.717, 1.165) is 6.08 Å². The van der Waals surface area contributed by atoms with Gasteiger partial charge in [0.25, 0.3) is 10.1 Å². The van der Waals surface area contributed by atoms with Crippen molar-refractivity contribution in [2.75, 3.05) is 0 Å². The molecule has 0 bridgehead atoms. The maximum atomic E-state index is 10.9. The fourth-order valence-electron chi connectivity index (χ4n) is 1.25. The topological polar surface area (TPSA) is 83.5 Å². The Balaban J connectivity index is 2.87. The molecule has 1 aliphatic carbocycles. The SMILES string of the molecule is C=CC(=O)NC1(S(=O)(=O)O)CC1C. The molecule has 5 nitrogen and oxygen atoms in total. The number of hydrogen-bond acceptors (Lipinski definition) is 3. The maximum absolute atomic E-state index is 10.9. The van der Waals surface area contributed by atoms with Gasteiger partial charge >= 0.3 is 0 Å². The highest BCUT2D eigenvalue weighted by atomic mass is 32.2. The van der Waals surface area contributed by atoms with Gasteiger partial charge in [0.05, 0.1) is 0 Å². The summed E-state index contributed by atoms with van der Waals surface area (Å²) < 4.78 is 30.6. The van der Waals surface area contributed by atoms with Crippen LogP contribution in [0.3, 0.4) is 0 Å². The number of carbonyl (C=O) groups is 1.